The Hall–Kier alpha value is -2.32. The Morgan fingerprint density at radius 3 is 2.65 bits per heavy atom. The minimum atomic E-state index is -3.26. The summed E-state index contributed by atoms with van der Waals surface area (Å²) in [5.74, 6) is 1.57. The predicted octanol–water partition coefficient (Wildman–Crippen LogP) is 3.28. The Labute approximate surface area is 188 Å². The number of benzene rings is 1. The summed E-state index contributed by atoms with van der Waals surface area (Å²) in [6.45, 7) is 2.58. The molecule has 1 aliphatic rings. The van der Waals surface area contributed by atoms with E-state index in [2.05, 4.69) is 9.88 Å². The normalized spacial score (nSPS) is 15.0. The van der Waals surface area contributed by atoms with Gasteiger partial charge in [0.05, 0.1) is 16.5 Å². The number of ether oxygens (including phenoxy) is 1. The van der Waals surface area contributed by atoms with Gasteiger partial charge in [0.25, 0.3) is 0 Å². The average Bonchev–Trinajstić information content (AvgIpc) is 2.76. The number of pyridine rings is 1. The molecule has 1 aliphatic heterocycles. The summed E-state index contributed by atoms with van der Waals surface area (Å²) in [6.07, 6.45) is 5.06. The van der Waals surface area contributed by atoms with E-state index in [0.29, 0.717) is 30.3 Å². The summed E-state index contributed by atoms with van der Waals surface area (Å²) in [5.41, 5.74) is 0. The molecule has 0 unspecified atom stereocenters. The second kappa shape index (κ2) is 10.3. The first kappa shape index (κ1) is 23.3. The molecule has 0 atom stereocenters. The lowest BCUT2D eigenvalue weighted by atomic mass is 9.95. The molecule has 0 radical (unpaired) electrons. The summed E-state index contributed by atoms with van der Waals surface area (Å²) in [7, 11) is -1.44. The summed E-state index contributed by atoms with van der Waals surface area (Å²) < 4.78 is 28.9. The molecule has 0 saturated carbocycles. The maximum atomic E-state index is 12.8. The topological polar surface area (TPSA) is 79.8 Å². The SMILES string of the molecule is CN(CCCOc1cccc(S(C)(=O)=O)c1)C(=O)C1CCN(c2ccc(Cl)cn2)CC1. The highest BCUT2D eigenvalue weighted by atomic mass is 35.5. The third-order valence-electron chi connectivity index (χ3n) is 5.40. The zero-order chi connectivity index (χ0) is 22.4. The van der Waals surface area contributed by atoms with Gasteiger partial charge in [-0.2, -0.15) is 0 Å². The van der Waals surface area contributed by atoms with Gasteiger partial charge in [-0.25, -0.2) is 13.4 Å². The number of rotatable bonds is 8. The molecule has 0 spiro atoms. The van der Waals surface area contributed by atoms with Crippen molar-refractivity contribution in [2.24, 2.45) is 5.92 Å². The standard InChI is InChI=1S/C22H28ClN3O4S/c1-25(11-4-14-30-19-5-3-6-20(15-19)31(2,28)29)22(27)17-9-12-26(13-10-17)21-8-7-18(23)16-24-21/h3,5-8,15-17H,4,9-14H2,1-2H3. The second-order valence-corrected chi connectivity index (χ2v) is 10.3. The molecule has 0 bridgehead atoms. The summed E-state index contributed by atoms with van der Waals surface area (Å²) in [4.78, 5) is 21.3. The quantitative estimate of drug-likeness (QED) is 0.556. The number of carbonyl (C=O) groups excluding carboxylic acids is 1. The molecule has 0 N–H and O–H groups in total. The predicted molar refractivity (Wildman–Crippen MR) is 121 cm³/mol. The summed E-state index contributed by atoms with van der Waals surface area (Å²) in [6, 6.07) is 10.2. The first-order valence-corrected chi connectivity index (χ1v) is 12.6. The van der Waals surface area contributed by atoms with Crippen molar-refractivity contribution in [1.29, 1.82) is 0 Å². The van der Waals surface area contributed by atoms with E-state index in [9.17, 15) is 13.2 Å². The third kappa shape index (κ3) is 6.58. The fourth-order valence-electron chi connectivity index (χ4n) is 3.62. The van der Waals surface area contributed by atoms with Crippen LogP contribution in [0, 0.1) is 5.92 Å². The van der Waals surface area contributed by atoms with Crippen LogP contribution in [0.2, 0.25) is 5.02 Å². The van der Waals surface area contributed by atoms with E-state index >= 15 is 0 Å². The van der Waals surface area contributed by atoms with E-state index in [0.717, 1.165) is 31.7 Å². The maximum absolute atomic E-state index is 12.8. The van der Waals surface area contributed by atoms with Gasteiger partial charge in [-0.3, -0.25) is 4.79 Å². The Balaban J connectivity index is 1.40. The van der Waals surface area contributed by atoms with Crippen LogP contribution in [0.3, 0.4) is 0 Å². The van der Waals surface area contributed by atoms with Crippen molar-refractivity contribution in [3.05, 3.63) is 47.6 Å². The van der Waals surface area contributed by atoms with Crippen LogP contribution >= 0.6 is 11.6 Å². The van der Waals surface area contributed by atoms with Crippen molar-refractivity contribution in [2.45, 2.75) is 24.2 Å². The molecular formula is C22H28ClN3O4S. The van der Waals surface area contributed by atoms with Crippen LogP contribution in [0.15, 0.2) is 47.5 Å². The minimum absolute atomic E-state index is 0.0147. The summed E-state index contributed by atoms with van der Waals surface area (Å²) in [5, 5.41) is 0.613. The second-order valence-electron chi connectivity index (χ2n) is 7.80. The van der Waals surface area contributed by atoms with E-state index in [1.54, 1.807) is 29.3 Å². The number of nitrogens with zero attached hydrogens (tertiary/aromatic N) is 3. The van der Waals surface area contributed by atoms with Gasteiger partial charge in [-0.05, 0) is 49.6 Å². The van der Waals surface area contributed by atoms with E-state index in [1.165, 1.54) is 12.3 Å². The third-order valence-corrected chi connectivity index (χ3v) is 6.73. The van der Waals surface area contributed by atoms with Crippen LogP contribution in [0.4, 0.5) is 5.82 Å². The Bertz CT molecular complexity index is 990. The van der Waals surface area contributed by atoms with E-state index in [4.69, 9.17) is 16.3 Å². The van der Waals surface area contributed by atoms with Crippen LogP contribution in [-0.4, -0.2) is 63.8 Å². The van der Waals surface area contributed by atoms with Gasteiger partial charge >= 0.3 is 0 Å². The molecule has 168 valence electrons. The van der Waals surface area contributed by atoms with Gasteiger partial charge in [-0.1, -0.05) is 17.7 Å². The van der Waals surface area contributed by atoms with Crippen molar-refractivity contribution >= 4 is 33.2 Å². The molecule has 2 heterocycles. The molecule has 1 aromatic carbocycles. The van der Waals surface area contributed by atoms with Crippen LogP contribution in [0.1, 0.15) is 19.3 Å². The number of amides is 1. The van der Waals surface area contributed by atoms with Crippen molar-refractivity contribution in [2.75, 3.05) is 44.4 Å². The molecule has 1 amide bonds. The van der Waals surface area contributed by atoms with Gasteiger partial charge in [0.15, 0.2) is 9.84 Å². The molecule has 1 fully saturated rings. The number of hydrogen-bond donors (Lipinski definition) is 0. The van der Waals surface area contributed by atoms with Crippen LogP contribution < -0.4 is 9.64 Å². The first-order valence-electron chi connectivity index (χ1n) is 10.3. The van der Waals surface area contributed by atoms with Crippen LogP contribution in [0.25, 0.3) is 0 Å². The lowest BCUT2D eigenvalue weighted by Crippen LogP contribution is -2.42. The summed E-state index contributed by atoms with van der Waals surface area (Å²) >= 11 is 5.90. The van der Waals surface area contributed by atoms with E-state index < -0.39 is 9.84 Å². The van der Waals surface area contributed by atoms with Crippen molar-refractivity contribution < 1.29 is 17.9 Å². The van der Waals surface area contributed by atoms with Crippen molar-refractivity contribution in [3.8, 4) is 5.75 Å². The highest BCUT2D eigenvalue weighted by Crippen LogP contribution is 2.24. The largest absolute Gasteiger partial charge is 0.493 e. The van der Waals surface area contributed by atoms with Gasteiger partial charge in [0, 0.05) is 45.1 Å². The molecule has 9 heteroatoms. The smallest absolute Gasteiger partial charge is 0.225 e. The van der Waals surface area contributed by atoms with Gasteiger partial charge in [-0.15, -0.1) is 0 Å². The molecule has 0 aliphatic carbocycles. The number of carbonyl (C=O) groups is 1. The lowest BCUT2D eigenvalue weighted by Gasteiger charge is -2.33. The number of aromatic nitrogens is 1. The number of sulfone groups is 1. The Morgan fingerprint density at radius 1 is 1.26 bits per heavy atom. The molecular weight excluding hydrogens is 438 g/mol. The highest BCUT2D eigenvalue weighted by Gasteiger charge is 2.27. The van der Waals surface area contributed by atoms with Gasteiger partial charge < -0.3 is 14.5 Å². The molecule has 31 heavy (non-hydrogen) atoms. The van der Waals surface area contributed by atoms with E-state index in [-0.39, 0.29) is 16.7 Å². The molecule has 7 nitrogen and oxygen atoms in total. The zero-order valence-corrected chi connectivity index (χ0v) is 19.4. The van der Waals surface area contributed by atoms with Crippen molar-refractivity contribution in [3.63, 3.8) is 0 Å². The number of hydrogen-bond acceptors (Lipinski definition) is 6. The number of anilines is 1. The molecule has 1 saturated heterocycles. The first-order chi connectivity index (χ1) is 14.7. The Kier molecular flexibility index (Phi) is 7.78. The average molecular weight is 466 g/mol. The molecule has 2 aromatic rings. The van der Waals surface area contributed by atoms with E-state index in [1.807, 2.05) is 19.2 Å². The maximum Gasteiger partial charge on any atom is 0.225 e. The monoisotopic (exact) mass is 465 g/mol. The van der Waals surface area contributed by atoms with Crippen LogP contribution in [-0.2, 0) is 14.6 Å². The van der Waals surface area contributed by atoms with Crippen molar-refractivity contribution in [1.82, 2.24) is 9.88 Å². The van der Waals surface area contributed by atoms with Crippen LogP contribution in [0.5, 0.6) is 5.75 Å². The van der Waals surface area contributed by atoms with Gasteiger partial charge in [0.2, 0.25) is 5.91 Å². The molecule has 1 aromatic heterocycles. The number of piperidine rings is 1. The fraction of sp³-hybridized carbons (Fsp3) is 0.455. The highest BCUT2D eigenvalue weighted by molar-refractivity contribution is 7.90. The van der Waals surface area contributed by atoms with Gasteiger partial charge in [0.1, 0.15) is 11.6 Å². The zero-order valence-electron chi connectivity index (χ0n) is 17.8. The minimum Gasteiger partial charge on any atom is -0.493 e. The lowest BCUT2D eigenvalue weighted by molar-refractivity contribution is -0.134. The Morgan fingerprint density at radius 2 is 2.00 bits per heavy atom. The fourth-order valence-corrected chi connectivity index (χ4v) is 4.39. The molecule has 3 rings (SSSR count). The number of halogens is 1.